The Morgan fingerprint density at radius 2 is 1.50 bits per heavy atom. The van der Waals surface area contributed by atoms with E-state index in [9.17, 15) is 14.7 Å². The van der Waals surface area contributed by atoms with Gasteiger partial charge in [-0.25, -0.2) is 4.90 Å². The summed E-state index contributed by atoms with van der Waals surface area (Å²) in [6.45, 7) is 8.24. The van der Waals surface area contributed by atoms with Gasteiger partial charge in [-0.1, -0.05) is 39.8 Å². The molecule has 0 bridgehead atoms. The number of nitrogens with zero attached hydrogens (tertiary/aromatic N) is 1. The van der Waals surface area contributed by atoms with Gasteiger partial charge in [-0.05, 0) is 47.2 Å². The fourth-order valence-electron chi connectivity index (χ4n) is 3.05. The predicted octanol–water partition coefficient (Wildman–Crippen LogP) is 4.44. The largest absolute Gasteiger partial charge is 0.508 e. The van der Waals surface area contributed by atoms with Crippen LogP contribution in [0.4, 0.5) is 5.69 Å². The molecule has 24 heavy (non-hydrogen) atoms. The van der Waals surface area contributed by atoms with Gasteiger partial charge in [-0.3, -0.25) is 9.59 Å². The number of hydrogen-bond donors (Lipinski definition) is 1. The summed E-state index contributed by atoms with van der Waals surface area (Å²) in [6, 6.07) is 10.3. The standard InChI is InChI=1S/C20H21NO3/c1-11(2)13-5-7-15(12(3)4)18(9-13)21-19(23)16-8-6-14(22)10-17(16)20(21)24/h5-12,22H,1-4H3. The van der Waals surface area contributed by atoms with E-state index in [1.807, 2.05) is 32.0 Å². The SMILES string of the molecule is CC(C)c1ccc(C(C)C)c(N2C(=O)c3ccc(O)cc3C2=O)c1. The van der Waals surface area contributed by atoms with Crippen molar-refractivity contribution in [3.05, 3.63) is 58.7 Å². The second-order valence-corrected chi connectivity index (χ2v) is 6.80. The van der Waals surface area contributed by atoms with Crippen LogP contribution in [0, 0.1) is 0 Å². The molecule has 0 fully saturated rings. The number of rotatable bonds is 3. The molecule has 0 saturated heterocycles. The number of aromatic hydroxyl groups is 1. The van der Waals surface area contributed by atoms with E-state index in [1.54, 1.807) is 0 Å². The zero-order valence-corrected chi connectivity index (χ0v) is 14.3. The highest BCUT2D eigenvalue weighted by molar-refractivity contribution is 6.34. The van der Waals surface area contributed by atoms with Crippen LogP contribution in [0.1, 0.15) is 71.4 Å². The Kier molecular flexibility index (Phi) is 3.91. The molecule has 1 N–H and O–H groups in total. The summed E-state index contributed by atoms with van der Waals surface area (Å²) >= 11 is 0. The van der Waals surface area contributed by atoms with Crippen molar-refractivity contribution in [2.75, 3.05) is 4.90 Å². The fourth-order valence-corrected chi connectivity index (χ4v) is 3.05. The van der Waals surface area contributed by atoms with Crippen molar-refractivity contribution in [3.8, 4) is 5.75 Å². The van der Waals surface area contributed by atoms with Crippen molar-refractivity contribution in [2.45, 2.75) is 39.5 Å². The minimum absolute atomic E-state index is 0.0169. The van der Waals surface area contributed by atoms with E-state index in [4.69, 9.17) is 0 Å². The van der Waals surface area contributed by atoms with Gasteiger partial charge >= 0.3 is 0 Å². The van der Waals surface area contributed by atoms with Crippen LogP contribution in [0.5, 0.6) is 5.75 Å². The van der Waals surface area contributed by atoms with Gasteiger partial charge in [0.15, 0.2) is 0 Å². The van der Waals surface area contributed by atoms with Gasteiger partial charge < -0.3 is 5.11 Å². The number of amides is 2. The molecule has 0 atom stereocenters. The van der Waals surface area contributed by atoms with E-state index in [2.05, 4.69) is 13.8 Å². The fraction of sp³-hybridized carbons (Fsp3) is 0.300. The van der Waals surface area contributed by atoms with Gasteiger partial charge in [-0.2, -0.15) is 0 Å². The zero-order valence-electron chi connectivity index (χ0n) is 14.3. The molecule has 4 heteroatoms. The zero-order chi connectivity index (χ0) is 17.6. The first kappa shape index (κ1) is 16.2. The summed E-state index contributed by atoms with van der Waals surface area (Å²) in [5.41, 5.74) is 3.26. The molecule has 0 unspecified atom stereocenters. The normalized spacial score (nSPS) is 14.0. The molecule has 124 valence electrons. The van der Waals surface area contributed by atoms with Gasteiger partial charge in [0.2, 0.25) is 0 Å². The molecular weight excluding hydrogens is 302 g/mol. The van der Waals surface area contributed by atoms with Crippen LogP contribution in [-0.4, -0.2) is 16.9 Å². The first-order valence-corrected chi connectivity index (χ1v) is 8.17. The quantitative estimate of drug-likeness (QED) is 0.850. The third kappa shape index (κ3) is 2.48. The molecule has 1 aliphatic rings. The maximum atomic E-state index is 12.8. The summed E-state index contributed by atoms with van der Waals surface area (Å²) in [5.74, 6) is -0.258. The van der Waals surface area contributed by atoms with Crippen LogP contribution in [0.2, 0.25) is 0 Å². The summed E-state index contributed by atoms with van der Waals surface area (Å²) in [6.07, 6.45) is 0. The minimum Gasteiger partial charge on any atom is -0.508 e. The first-order chi connectivity index (χ1) is 11.3. The molecule has 0 aromatic heterocycles. The van der Waals surface area contributed by atoms with Crippen LogP contribution < -0.4 is 4.90 Å². The average molecular weight is 323 g/mol. The molecule has 2 aromatic carbocycles. The second kappa shape index (κ2) is 5.78. The number of anilines is 1. The molecule has 1 heterocycles. The van der Waals surface area contributed by atoms with Gasteiger partial charge in [0.05, 0.1) is 16.8 Å². The number of carbonyl (C=O) groups is 2. The van der Waals surface area contributed by atoms with Crippen molar-refractivity contribution in [1.29, 1.82) is 0 Å². The Balaban J connectivity index is 2.17. The topological polar surface area (TPSA) is 57.6 Å². The first-order valence-electron chi connectivity index (χ1n) is 8.17. The van der Waals surface area contributed by atoms with Crippen LogP contribution >= 0.6 is 0 Å². The molecule has 0 spiro atoms. The van der Waals surface area contributed by atoms with Crippen molar-refractivity contribution in [1.82, 2.24) is 0 Å². The molecular formula is C20H21NO3. The summed E-state index contributed by atoms with van der Waals surface area (Å²) in [7, 11) is 0. The van der Waals surface area contributed by atoms with Crippen molar-refractivity contribution in [3.63, 3.8) is 0 Å². The predicted molar refractivity (Wildman–Crippen MR) is 93.9 cm³/mol. The lowest BCUT2D eigenvalue weighted by molar-refractivity contribution is 0.0925. The van der Waals surface area contributed by atoms with E-state index < -0.39 is 0 Å². The molecule has 3 rings (SSSR count). The summed E-state index contributed by atoms with van der Waals surface area (Å²) in [4.78, 5) is 26.8. The Labute approximate surface area is 141 Å². The number of benzene rings is 2. The van der Waals surface area contributed by atoms with Crippen molar-refractivity contribution < 1.29 is 14.7 Å². The molecule has 4 nitrogen and oxygen atoms in total. The van der Waals surface area contributed by atoms with E-state index in [1.165, 1.54) is 23.1 Å². The van der Waals surface area contributed by atoms with E-state index >= 15 is 0 Å². The lowest BCUT2D eigenvalue weighted by atomic mass is 9.94. The highest BCUT2D eigenvalue weighted by atomic mass is 16.3. The molecule has 2 amide bonds. The Hall–Kier alpha value is -2.62. The number of imide groups is 1. The van der Waals surface area contributed by atoms with Crippen LogP contribution in [0.15, 0.2) is 36.4 Å². The second-order valence-electron chi connectivity index (χ2n) is 6.80. The number of carbonyl (C=O) groups excluding carboxylic acids is 2. The molecule has 0 radical (unpaired) electrons. The van der Waals surface area contributed by atoms with E-state index in [0.29, 0.717) is 17.2 Å². The van der Waals surface area contributed by atoms with Crippen molar-refractivity contribution >= 4 is 17.5 Å². The Morgan fingerprint density at radius 1 is 0.833 bits per heavy atom. The van der Waals surface area contributed by atoms with Gasteiger partial charge in [0, 0.05) is 0 Å². The van der Waals surface area contributed by atoms with Crippen LogP contribution in [0.25, 0.3) is 0 Å². The third-order valence-corrected chi connectivity index (χ3v) is 4.45. The third-order valence-electron chi connectivity index (χ3n) is 4.45. The number of phenolic OH excluding ortho intramolecular Hbond substituents is 1. The van der Waals surface area contributed by atoms with E-state index in [0.717, 1.165) is 11.1 Å². The lowest BCUT2D eigenvalue weighted by Crippen LogP contribution is -2.30. The average Bonchev–Trinajstić information content (AvgIpc) is 2.77. The molecule has 2 aromatic rings. The summed E-state index contributed by atoms with van der Waals surface area (Å²) < 4.78 is 0. The highest BCUT2D eigenvalue weighted by Crippen LogP contribution is 2.36. The summed E-state index contributed by atoms with van der Waals surface area (Å²) in [5, 5.41) is 9.63. The van der Waals surface area contributed by atoms with Crippen molar-refractivity contribution in [2.24, 2.45) is 0 Å². The number of phenols is 1. The van der Waals surface area contributed by atoms with E-state index in [-0.39, 0.29) is 29.0 Å². The maximum Gasteiger partial charge on any atom is 0.266 e. The monoisotopic (exact) mass is 323 g/mol. The van der Waals surface area contributed by atoms with Crippen LogP contribution in [0.3, 0.4) is 0 Å². The maximum absolute atomic E-state index is 12.8. The minimum atomic E-state index is -0.381. The highest BCUT2D eigenvalue weighted by Gasteiger charge is 2.38. The smallest absolute Gasteiger partial charge is 0.266 e. The Bertz CT molecular complexity index is 837. The molecule has 0 aliphatic carbocycles. The van der Waals surface area contributed by atoms with Crippen LogP contribution in [-0.2, 0) is 0 Å². The lowest BCUT2D eigenvalue weighted by Gasteiger charge is -2.22. The number of fused-ring (bicyclic) bond motifs is 1. The Morgan fingerprint density at radius 3 is 2.12 bits per heavy atom. The molecule has 1 aliphatic heterocycles. The van der Waals surface area contributed by atoms with Gasteiger partial charge in [-0.15, -0.1) is 0 Å². The van der Waals surface area contributed by atoms with Gasteiger partial charge in [0.25, 0.3) is 11.8 Å². The molecule has 0 saturated carbocycles. The van der Waals surface area contributed by atoms with Gasteiger partial charge in [0.1, 0.15) is 5.75 Å². The number of hydrogen-bond acceptors (Lipinski definition) is 3.